The zero-order chi connectivity index (χ0) is 10.5. The molecule has 0 saturated heterocycles. The van der Waals surface area contributed by atoms with Gasteiger partial charge in [0, 0.05) is 5.69 Å². The van der Waals surface area contributed by atoms with Crippen molar-refractivity contribution in [1.82, 2.24) is 9.97 Å². The van der Waals surface area contributed by atoms with Crippen LogP contribution in [0.15, 0.2) is 42.7 Å². The molecule has 0 radical (unpaired) electrons. The van der Waals surface area contributed by atoms with Gasteiger partial charge in [-0.1, -0.05) is 18.2 Å². The minimum atomic E-state index is 0.314. The van der Waals surface area contributed by atoms with Crippen LogP contribution in [0.25, 0.3) is 0 Å². The molecular formula is C11H8N4. The Morgan fingerprint density at radius 1 is 1.07 bits per heavy atom. The molecule has 0 fully saturated rings. The highest BCUT2D eigenvalue weighted by Gasteiger charge is 1.96. The minimum absolute atomic E-state index is 0.314. The summed E-state index contributed by atoms with van der Waals surface area (Å²) in [7, 11) is 0. The van der Waals surface area contributed by atoms with Crippen molar-refractivity contribution >= 4 is 11.5 Å². The largest absolute Gasteiger partial charge is 0.339 e. The number of benzene rings is 1. The first-order valence-corrected chi connectivity index (χ1v) is 4.43. The molecule has 0 spiro atoms. The molecule has 1 aromatic carbocycles. The van der Waals surface area contributed by atoms with Crippen LogP contribution in [-0.4, -0.2) is 9.97 Å². The van der Waals surface area contributed by atoms with Crippen LogP contribution in [0.1, 0.15) is 5.69 Å². The van der Waals surface area contributed by atoms with Crippen LogP contribution in [0, 0.1) is 11.3 Å². The SMILES string of the molecule is N#Cc1cnc(Nc2ccccc2)cn1. The second-order valence-electron chi connectivity index (χ2n) is 2.89. The molecule has 0 unspecified atom stereocenters. The highest BCUT2D eigenvalue weighted by atomic mass is 15.0. The van der Waals surface area contributed by atoms with Crippen molar-refractivity contribution in [3.8, 4) is 6.07 Å². The topological polar surface area (TPSA) is 61.6 Å². The summed E-state index contributed by atoms with van der Waals surface area (Å²) >= 11 is 0. The Morgan fingerprint density at radius 2 is 1.87 bits per heavy atom. The van der Waals surface area contributed by atoms with Crippen LogP contribution < -0.4 is 5.32 Å². The smallest absolute Gasteiger partial charge is 0.158 e. The van der Waals surface area contributed by atoms with Crippen molar-refractivity contribution in [2.45, 2.75) is 0 Å². The third-order valence-electron chi connectivity index (χ3n) is 1.81. The minimum Gasteiger partial charge on any atom is -0.339 e. The molecule has 2 rings (SSSR count). The van der Waals surface area contributed by atoms with Crippen LogP contribution in [-0.2, 0) is 0 Å². The van der Waals surface area contributed by atoms with Gasteiger partial charge in [-0.3, -0.25) is 0 Å². The number of nitriles is 1. The second kappa shape index (κ2) is 4.20. The van der Waals surface area contributed by atoms with Gasteiger partial charge < -0.3 is 5.32 Å². The monoisotopic (exact) mass is 196 g/mol. The van der Waals surface area contributed by atoms with Crippen molar-refractivity contribution in [3.05, 3.63) is 48.4 Å². The van der Waals surface area contributed by atoms with Gasteiger partial charge in [0.1, 0.15) is 11.9 Å². The van der Waals surface area contributed by atoms with Gasteiger partial charge in [-0.05, 0) is 12.1 Å². The number of nitrogens with one attached hydrogen (secondary N) is 1. The fraction of sp³-hybridized carbons (Fsp3) is 0. The summed E-state index contributed by atoms with van der Waals surface area (Å²) in [5.41, 5.74) is 1.25. The number of hydrogen-bond acceptors (Lipinski definition) is 4. The lowest BCUT2D eigenvalue weighted by Gasteiger charge is -2.03. The van der Waals surface area contributed by atoms with Gasteiger partial charge in [-0.25, -0.2) is 9.97 Å². The summed E-state index contributed by atoms with van der Waals surface area (Å²) in [6, 6.07) is 11.6. The maximum absolute atomic E-state index is 8.55. The molecule has 1 aromatic heterocycles. The van der Waals surface area contributed by atoms with E-state index >= 15 is 0 Å². The Bertz CT molecular complexity index is 470. The average Bonchev–Trinajstić information content (AvgIpc) is 2.31. The molecule has 2 aromatic rings. The first kappa shape index (κ1) is 9.16. The van der Waals surface area contributed by atoms with Gasteiger partial charge in [-0.2, -0.15) is 5.26 Å². The van der Waals surface area contributed by atoms with Gasteiger partial charge in [0.15, 0.2) is 5.69 Å². The van der Waals surface area contributed by atoms with Crippen LogP contribution in [0.5, 0.6) is 0 Å². The third-order valence-corrected chi connectivity index (χ3v) is 1.81. The molecule has 4 heteroatoms. The van der Waals surface area contributed by atoms with Crippen molar-refractivity contribution in [3.63, 3.8) is 0 Å². The molecule has 4 nitrogen and oxygen atoms in total. The van der Waals surface area contributed by atoms with E-state index in [0.717, 1.165) is 5.69 Å². The van der Waals surface area contributed by atoms with Crippen LogP contribution in [0.4, 0.5) is 11.5 Å². The molecule has 15 heavy (non-hydrogen) atoms. The first-order valence-electron chi connectivity index (χ1n) is 4.43. The number of para-hydroxylation sites is 1. The predicted molar refractivity (Wildman–Crippen MR) is 56.5 cm³/mol. The van der Waals surface area contributed by atoms with Gasteiger partial charge in [0.2, 0.25) is 0 Å². The number of hydrogen-bond donors (Lipinski definition) is 1. The van der Waals surface area contributed by atoms with Crippen molar-refractivity contribution < 1.29 is 0 Å². The quantitative estimate of drug-likeness (QED) is 0.798. The predicted octanol–water partition coefficient (Wildman–Crippen LogP) is 2.09. The number of aromatic nitrogens is 2. The van der Waals surface area contributed by atoms with E-state index in [9.17, 15) is 0 Å². The standard InChI is InChI=1S/C11H8N4/c12-6-10-7-14-11(8-13-10)15-9-4-2-1-3-5-9/h1-5,7-8H,(H,14,15). The van der Waals surface area contributed by atoms with Crippen LogP contribution in [0.3, 0.4) is 0 Å². The van der Waals surface area contributed by atoms with Crippen LogP contribution >= 0.6 is 0 Å². The first-order chi connectivity index (χ1) is 7.38. The molecule has 0 aliphatic heterocycles. The summed E-state index contributed by atoms with van der Waals surface area (Å²) in [5.74, 6) is 0.625. The summed E-state index contributed by atoms with van der Waals surface area (Å²) in [6.45, 7) is 0. The Balaban J connectivity index is 2.16. The van der Waals surface area contributed by atoms with E-state index in [4.69, 9.17) is 5.26 Å². The van der Waals surface area contributed by atoms with E-state index in [2.05, 4.69) is 15.3 Å². The van der Waals surface area contributed by atoms with Gasteiger partial charge in [0.25, 0.3) is 0 Å². The Kier molecular flexibility index (Phi) is 2.56. The number of anilines is 2. The lowest BCUT2D eigenvalue weighted by molar-refractivity contribution is 1.16. The zero-order valence-electron chi connectivity index (χ0n) is 7.88. The van der Waals surface area contributed by atoms with Crippen molar-refractivity contribution in [2.75, 3.05) is 5.32 Å². The van der Waals surface area contributed by atoms with E-state index in [1.54, 1.807) is 0 Å². The maximum atomic E-state index is 8.55. The normalized spacial score (nSPS) is 9.27. The molecule has 1 heterocycles. The maximum Gasteiger partial charge on any atom is 0.158 e. The average molecular weight is 196 g/mol. The Morgan fingerprint density at radius 3 is 2.47 bits per heavy atom. The number of nitrogens with zero attached hydrogens (tertiary/aromatic N) is 3. The molecule has 0 saturated carbocycles. The second-order valence-corrected chi connectivity index (χ2v) is 2.89. The van der Waals surface area contributed by atoms with E-state index < -0.39 is 0 Å². The van der Waals surface area contributed by atoms with E-state index in [1.807, 2.05) is 36.4 Å². The van der Waals surface area contributed by atoms with Gasteiger partial charge in [0.05, 0.1) is 12.4 Å². The molecule has 72 valence electrons. The van der Waals surface area contributed by atoms with Gasteiger partial charge >= 0.3 is 0 Å². The van der Waals surface area contributed by atoms with E-state index in [0.29, 0.717) is 11.5 Å². The molecule has 0 atom stereocenters. The van der Waals surface area contributed by atoms with Crippen molar-refractivity contribution in [1.29, 1.82) is 5.26 Å². The lowest BCUT2D eigenvalue weighted by Crippen LogP contribution is -1.94. The summed E-state index contributed by atoms with van der Waals surface area (Å²) < 4.78 is 0. The molecule has 0 aliphatic carbocycles. The fourth-order valence-corrected chi connectivity index (χ4v) is 1.12. The molecule has 0 aliphatic rings. The lowest BCUT2D eigenvalue weighted by atomic mass is 10.3. The fourth-order valence-electron chi connectivity index (χ4n) is 1.12. The molecule has 1 N–H and O–H groups in total. The molecule has 0 amide bonds. The van der Waals surface area contributed by atoms with Gasteiger partial charge in [-0.15, -0.1) is 0 Å². The zero-order valence-corrected chi connectivity index (χ0v) is 7.88. The van der Waals surface area contributed by atoms with Crippen molar-refractivity contribution in [2.24, 2.45) is 0 Å². The molecular weight excluding hydrogens is 188 g/mol. The number of rotatable bonds is 2. The Hall–Kier alpha value is -2.41. The van der Waals surface area contributed by atoms with Crippen LogP contribution in [0.2, 0.25) is 0 Å². The summed E-state index contributed by atoms with van der Waals surface area (Å²) in [4.78, 5) is 7.96. The summed E-state index contributed by atoms with van der Waals surface area (Å²) in [5, 5.41) is 11.6. The molecule has 0 bridgehead atoms. The highest BCUT2D eigenvalue weighted by Crippen LogP contribution is 2.11. The summed E-state index contributed by atoms with van der Waals surface area (Å²) in [6.07, 6.45) is 2.97. The Labute approximate surface area is 87.2 Å². The van der Waals surface area contributed by atoms with E-state index in [1.165, 1.54) is 12.4 Å². The van der Waals surface area contributed by atoms with E-state index in [-0.39, 0.29) is 0 Å². The third kappa shape index (κ3) is 2.29. The highest BCUT2D eigenvalue weighted by molar-refractivity contribution is 5.54.